The van der Waals surface area contributed by atoms with Gasteiger partial charge in [-0.3, -0.25) is 0 Å². The Balaban J connectivity index is 2.97. The van der Waals surface area contributed by atoms with E-state index in [4.69, 9.17) is 11.6 Å². The lowest BCUT2D eigenvalue weighted by Gasteiger charge is -2.06. The number of hydrogen-bond acceptors (Lipinski definition) is 3. The number of halogens is 1. The number of nitrogens with one attached hydrogen (secondary N) is 1. The molecule has 0 saturated heterocycles. The predicted molar refractivity (Wildman–Crippen MR) is 58.3 cm³/mol. The molecule has 6 heteroatoms. The second-order valence-corrected chi connectivity index (χ2v) is 5.08. The Hall–Kier alpha value is -1.04. The van der Waals surface area contributed by atoms with Crippen molar-refractivity contribution in [2.24, 2.45) is 0 Å². The maximum atomic E-state index is 11.6. The molecule has 2 N–H and O–H groups in total. The fourth-order valence-corrected chi connectivity index (χ4v) is 2.20. The zero-order valence-corrected chi connectivity index (χ0v) is 9.35. The molecule has 0 spiro atoms. The second kappa shape index (κ2) is 4.65. The third kappa shape index (κ3) is 3.23. The standard InChI is InChI=1S/C9H10ClNO3S/c1-7(10)6-11-15(13,14)9-5-3-2-4-8(9)12/h2-5,11-12H,1,6H2. The minimum atomic E-state index is -3.73. The first kappa shape index (κ1) is 12.0. The van der Waals surface area contributed by atoms with Crippen LogP contribution in [0.4, 0.5) is 0 Å². The zero-order chi connectivity index (χ0) is 11.5. The molecule has 82 valence electrons. The van der Waals surface area contributed by atoms with Gasteiger partial charge in [-0.25, -0.2) is 13.1 Å². The quantitative estimate of drug-likeness (QED) is 0.846. The Morgan fingerprint density at radius 3 is 2.60 bits per heavy atom. The number of hydrogen-bond donors (Lipinski definition) is 2. The summed E-state index contributed by atoms with van der Waals surface area (Å²) in [5, 5.41) is 9.51. The van der Waals surface area contributed by atoms with Crippen LogP contribution in [0.25, 0.3) is 0 Å². The van der Waals surface area contributed by atoms with Crippen molar-refractivity contribution in [2.45, 2.75) is 4.90 Å². The molecule has 0 atom stereocenters. The summed E-state index contributed by atoms with van der Waals surface area (Å²) in [6.07, 6.45) is 0. The van der Waals surface area contributed by atoms with Gasteiger partial charge in [0.25, 0.3) is 0 Å². The van der Waals surface area contributed by atoms with Crippen molar-refractivity contribution in [2.75, 3.05) is 6.54 Å². The van der Waals surface area contributed by atoms with Crippen LogP contribution in [0, 0.1) is 0 Å². The molecule has 0 saturated carbocycles. The molecule has 1 aromatic rings. The van der Waals surface area contributed by atoms with Crippen LogP contribution in [0.1, 0.15) is 0 Å². The second-order valence-electron chi connectivity index (χ2n) is 2.81. The molecule has 0 bridgehead atoms. The molecule has 0 aliphatic carbocycles. The van der Waals surface area contributed by atoms with E-state index in [-0.39, 0.29) is 22.2 Å². The van der Waals surface area contributed by atoms with Crippen LogP contribution in [-0.4, -0.2) is 20.1 Å². The van der Waals surface area contributed by atoms with Gasteiger partial charge in [0.15, 0.2) is 0 Å². The van der Waals surface area contributed by atoms with E-state index < -0.39 is 10.0 Å². The smallest absolute Gasteiger partial charge is 0.244 e. The van der Waals surface area contributed by atoms with Crippen LogP contribution < -0.4 is 4.72 Å². The van der Waals surface area contributed by atoms with E-state index in [9.17, 15) is 13.5 Å². The molecule has 0 aromatic heterocycles. The highest BCUT2D eigenvalue weighted by molar-refractivity contribution is 7.89. The van der Waals surface area contributed by atoms with Gasteiger partial charge in [0, 0.05) is 11.6 Å². The van der Waals surface area contributed by atoms with Crippen molar-refractivity contribution in [1.82, 2.24) is 4.72 Å². The highest BCUT2D eigenvalue weighted by atomic mass is 35.5. The van der Waals surface area contributed by atoms with Gasteiger partial charge in [-0.05, 0) is 12.1 Å². The summed E-state index contributed by atoms with van der Waals surface area (Å²) in [6, 6.07) is 5.65. The first-order chi connectivity index (χ1) is 6.93. The highest BCUT2D eigenvalue weighted by Gasteiger charge is 2.17. The van der Waals surface area contributed by atoms with Crippen molar-refractivity contribution in [3.05, 3.63) is 35.9 Å². The van der Waals surface area contributed by atoms with Crippen LogP contribution in [0.5, 0.6) is 5.75 Å². The van der Waals surface area contributed by atoms with Gasteiger partial charge in [0.1, 0.15) is 10.6 Å². The van der Waals surface area contributed by atoms with Crippen LogP contribution >= 0.6 is 11.6 Å². The van der Waals surface area contributed by atoms with E-state index in [1.165, 1.54) is 24.3 Å². The van der Waals surface area contributed by atoms with Crippen molar-refractivity contribution < 1.29 is 13.5 Å². The van der Waals surface area contributed by atoms with E-state index in [0.29, 0.717) is 0 Å². The van der Waals surface area contributed by atoms with Crippen LogP contribution in [-0.2, 0) is 10.0 Å². The molecule has 0 amide bonds. The van der Waals surface area contributed by atoms with Gasteiger partial charge in [0.2, 0.25) is 10.0 Å². The summed E-state index contributed by atoms with van der Waals surface area (Å²) in [7, 11) is -3.73. The average Bonchev–Trinajstić information content (AvgIpc) is 2.15. The number of aromatic hydroxyl groups is 1. The lowest BCUT2D eigenvalue weighted by molar-refractivity contribution is 0.458. The number of rotatable bonds is 4. The van der Waals surface area contributed by atoms with Crippen LogP contribution in [0.15, 0.2) is 40.8 Å². The Kier molecular flexibility index (Phi) is 3.73. The summed E-state index contributed by atoms with van der Waals surface area (Å²) in [6.45, 7) is 3.28. The molecular weight excluding hydrogens is 238 g/mol. The van der Waals surface area contributed by atoms with E-state index in [0.717, 1.165) is 0 Å². The van der Waals surface area contributed by atoms with Crippen LogP contribution in [0.3, 0.4) is 0 Å². The minimum Gasteiger partial charge on any atom is -0.507 e. The predicted octanol–water partition coefficient (Wildman–Crippen LogP) is 1.42. The molecule has 0 fully saturated rings. The van der Waals surface area contributed by atoms with E-state index in [1.54, 1.807) is 0 Å². The molecule has 1 aromatic carbocycles. The fourth-order valence-electron chi connectivity index (χ4n) is 0.935. The molecule has 4 nitrogen and oxygen atoms in total. The largest absolute Gasteiger partial charge is 0.507 e. The zero-order valence-electron chi connectivity index (χ0n) is 7.77. The molecule has 0 aliphatic rings. The number of sulfonamides is 1. The van der Waals surface area contributed by atoms with E-state index in [2.05, 4.69) is 11.3 Å². The number of para-hydroxylation sites is 1. The van der Waals surface area contributed by atoms with E-state index >= 15 is 0 Å². The topological polar surface area (TPSA) is 66.4 Å². The maximum Gasteiger partial charge on any atom is 0.244 e. The number of phenols is 1. The van der Waals surface area contributed by atoms with Crippen molar-refractivity contribution in [3.8, 4) is 5.75 Å². The number of benzene rings is 1. The lowest BCUT2D eigenvalue weighted by atomic mass is 10.3. The van der Waals surface area contributed by atoms with Gasteiger partial charge in [-0.2, -0.15) is 0 Å². The maximum absolute atomic E-state index is 11.6. The first-order valence-corrected chi connectivity index (χ1v) is 5.90. The first-order valence-electron chi connectivity index (χ1n) is 4.04. The van der Waals surface area contributed by atoms with Crippen molar-refractivity contribution in [3.63, 3.8) is 0 Å². The van der Waals surface area contributed by atoms with Gasteiger partial charge in [0.05, 0.1) is 0 Å². The summed E-state index contributed by atoms with van der Waals surface area (Å²) in [5.74, 6) is -0.301. The normalized spacial score (nSPS) is 11.3. The Morgan fingerprint density at radius 2 is 2.07 bits per heavy atom. The molecule has 0 radical (unpaired) electrons. The van der Waals surface area contributed by atoms with Gasteiger partial charge in [-0.15, -0.1) is 0 Å². The monoisotopic (exact) mass is 247 g/mol. The summed E-state index contributed by atoms with van der Waals surface area (Å²) in [4.78, 5) is -0.178. The molecular formula is C9H10ClNO3S. The highest BCUT2D eigenvalue weighted by Crippen LogP contribution is 2.20. The third-order valence-electron chi connectivity index (χ3n) is 1.61. The SMILES string of the molecule is C=C(Cl)CNS(=O)(=O)c1ccccc1O. The molecule has 0 heterocycles. The third-order valence-corrected chi connectivity index (χ3v) is 3.19. The van der Waals surface area contributed by atoms with Gasteiger partial charge < -0.3 is 5.11 Å². The van der Waals surface area contributed by atoms with E-state index in [1.807, 2.05) is 0 Å². The van der Waals surface area contributed by atoms with Gasteiger partial charge in [-0.1, -0.05) is 30.3 Å². The Bertz CT molecular complexity index is 470. The van der Waals surface area contributed by atoms with Gasteiger partial charge >= 0.3 is 0 Å². The molecule has 1 rings (SSSR count). The fraction of sp³-hybridized carbons (Fsp3) is 0.111. The van der Waals surface area contributed by atoms with Crippen LogP contribution in [0.2, 0.25) is 0 Å². The summed E-state index contributed by atoms with van der Waals surface area (Å²) < 4.78 is 25.4. The Morgan fingerprint density at radius 1 is 1.47 bits per heavy atom. The molecule has 0 unspecified atom stereocenters. The van der Waals surface area contributed by atoms with Crippen molar-refractivity contribution in [1.29, 1.82) is 0 Å². The average molecular weight is 248 g/mol. The summed E-state index contributed by atoms with van der Waals surface area (Å²) >= 11 is 5.43. The minimum absolute atomic E-state index is 0.0712. The molecule has 15 heavy (non-hydrogen) atoms. The van der Waals surface area contributed by atoms with Crippen molar-refractivity contribution >= 4 is 21.6 Å². The number of phenolic OH excluding ortho intramolecular Hbond substituents is 1. The Labute approximate surface area is 93.2 Å². The molecule has 0 aliphatic heterocycles. The lowest BCUT2D eigenvalue weighted by Crippen LogP contribution is -2.24. The summed E-state index contributed by atoms with van der Waals surface area (Å²) in [5.41, 5.74) is 0.